The number of Topliss-reactive ketones (excluding diaryl/α,β-unsaturated/α-hetero) is 1. The Kier molecular flexibility index (Phi) is 9.21. The fourth-order valence-corrected chi connectivity index (χ4v) is 3.15. The van der Waals surface area contributed by atoms with E-state index in [2.05, 4.69) is 6.07 Å². The maximum Gasteiger partial charge on any atom is 0.166 e. The van der Waals surface area contributed by atoms with Gasteiger partial charge in [0.15, 0.2) is 5.78 Å². The van der Waals surface area contributed by atoms with Crippen molar-refractivity contribution in [1.29, 1.82) is 5.26 Å². The van der Waals surface area contributed by atoms with Crippen molar-refractivity contribution in [2.24, 2.45) is 5.92 Å². The summed E-state index contributed by atoms with van der Waals surface area (Å²) in [6, 6.07) is 12.6. The monoisotopic (exact) mass is 409 g/mol. The van der Waals surface area contributed by atoms with Crippen molar-refractivity contribution in [2.75, 3.05) is 13.2 Å². The molecular formula is C25H31NO4. The van der Waals surface area contributed by atoms with Gasteiger partial charge >= 0.3 is 0 Å². The van der Waals surface area contributed by atoms with Crippen LogP contribution in [0.3, 0.4) is 0 Å². The third-order valence-electron chi connectivity index (χ3n) is 4.68. The van der Waals surface area contributed by atoms with Crippen molar-refractivity contribution in [3.05, 3.63) is 53.1 Å². The topological polar surface area (TPSA) is 79.5 Å². The minimum absolute atomic E-state index is 0.0358. The summed E-state index contributed by atoms with van der Waals surface area (Å²) in [4.78, 5) is 12.4. The van der Waals surface area contributed by atoms with E-state index < -0.39 is 0 Å². The number of rotatable bonds is 12. The van der Waals surface area contributed by atoms with Gasteiger partial charge in [0, 0.05) is 12.0 Å². The smallest absolute Gasteiger partial charge is 0.166 e. The Morgan fingerprint density at radius 2 is 1.73 bits per heavy atom. The van der Waals surface area contributed by atoms with E-state index in [1.54, 1.807) is 36.4 Å². The van der Waals surface area contributed by atoms with E-state index >= 15 is 0 Å². The second-order valence-corrected chi connectivity index (χ2v) is 7.75. The summed E-state index contributed by atoms with van der Waals surface area (Å²) in [6.07, 6.45) is 3.55. The standard InChI is InChI=1S/C25H31NO4/c1-4-7-22-24(13-12-21(25(22)28)23(27)16-18(2)3)30-15-6-5-14-29-20-10-8-19(17-26)9-11-20/h8-13,18,28H,4-7,14-16H2,1-3H3. The molecule has 0 aliphatic heterocycles. The zero-order valence-corrected chi connectivity index (χ0v) is 18.1. The van der Waals surface area contributed by atoms with Crippen LogP contribution >= 0.6 is 0 Å². The number of hydrogen-bond acceptors (Lipinski definition) is 5. The molecule has 0 aliphatic rings. The number of ether oxygens (including phenoxy) is 2. The molecule has 1 N–H and O–H groups in total. The van der Waals surface area contributed by atoms with Crippen LogP contribution < -0.4 is 9.47 Å². The first-order valence-electron chi connectivity index (χ1n) is 10.6. The summed E-state index contributed by atoms with van der Waals surface area (Å²) in [5.74, 6) is 1.65. The average Bonchev–Trinajstić information content (AvgIpc) is 2.72. The van der Waals surface area contributed by atoms with Crippen molar-refractivity contribution < 1.29 is 19.4 Å². The normalized spacial score (nSPS) is 10.6. The number of carbonyl (C=O) groups is 1. The number of ketones is 1. The molecule has 160 valence electrons. The molecule has 0 bridgehead atoms. The first kappa shape index (κ1) is 23.3. The van der Waals surface area contributed by atoms with Gasteiger partial charge < -0.3 is 14.6 Å². The molecule has 0 heterocycles. The predicted octanol–water partition coefficient (Wildman–Crippen LogP) is 5.68. The Hall–Kier alpha value is -3.00. The van der Waals surface area contributed by atoms with Crippen LogP contribution in [0.1, 0.15) is 67.9 Å². The maximum atomic E-state index is 12.4. The van der Waals surface area contributed by atoms with Gasteiger partial charge in [-0.05, 0) is 61.6 Å². The summed E-state index contributed by atoms with van der Waals surface area (Å²) in [6.45, 7) is 7.08. The third-order valence-corrected chi connectivity index (χ3v) is 4.68. The average molecular weight is 410 g/mol. The molecule has 5 heteroatoms. The molecule has 0 radical (unpaired) electrons. The molecular weight excluding hydrogens is 378 g/mol. The molecule has 0 amide bonds. The highest BCUT2D eigenvalue weighted by Crippen LogP contribution is 2.34. The van der Waals surface area contributed by atoms with Crippen LogP contribution in [0.15, 0.2) is 36.4 Å². The summed E-state index contributed by atoms with van der Waals surface area (Å²) in [5.41, 5.74) is 1.70. The zero-order valence-electron chi connectivity index (χ0n) is 18.1. The lowest BCUT2D eigenvalue weighted by atomic mass is 9.96. The Labute approximate surface area is 179 Å². The quantitative estimate of drug-likeness (QED) is 0.360. The van der Waals surface area contributed by atoms with Crippen LogP contribution in [0, 0.1) is 17.2 Å². The van der Waals surface area contributed by atoms with Gasteiger partial charge in [0.05, 0.1) is 30.4 Å². The van der Waals surface area contributed by atoms with E-state index in [1.165, 1.54) is 0 Å². The van der Waals surface area contributed by atoms with Crippen molar-refractivity contribution in [3.8, 4) is 23.3 Å². The van der Waals surface area contributed by atoms with E-state index in [0.29, 0.717) is 48.5 Å². The maximum absolute atomic E-state index is 12.4. The van der Waals surface area contributed by atoms with Crippen LogP contribution in [0.2, 0.25) is 0 Å². The second-order valence-electron chi connectivity index (χ2n) is 7.75. The predicted molar refractivity (Wildman–Crippen MR) is 117 cm³/mol. The van der Waals surface area contributed by atoms with E-state index in [9.17, 15) is 9.90 Å². The number of nitrogens with zero attached hydrogens (tertiary/aromatic N) is 1. The number of benzene rings is 2. The third kappa shape index (κ3) is 6.81. The molecule has 0 aromatic heterocycles. The summed E-state index contributed by atoms with van der Waals surface area (Å²) < 4.78 is 11.6. The number of phenolic OH excluding ortho intramolecular Hbond substituents is 1. The highest BCUT2D eigenvalue weighted by molar-refractivity contribution is 5.99. The number of unbranched alkanes of at least 4 members (excludes halogenated alkanes) is 1. The molecule has 0 saturated carbocycles. The lowest BCUT2D eigenvalue weighted by molar-refractivity contribution is 0.0965. The molecule has 30 heavy (non-hydrogen) atoms. The number of nitriles is 1. The van der Waals surface area contributed by atoms with Crippen molar-refractivity contribution >= 4 is 5.78 Å². The van der Waals surface area contributed by atoms with Gasteiger partial charge in [-0.25, -0.2) is 0 Å². The first-order chi connectivity index (χ1) is 14.5. The lowest BCUT2D eigenvalue weighted by Crippen LogP contribution is -2.07. The number of carbonyl (C=O) groups excluding carboxylic acids is 1. The van der Waals surface area contributed by atoms with Crippen molar-refractivity contribution in [3.63, 3.8) is 0 Å². The largest absolute Gasteiger partial charge is 0.507 e. The molecule has 2 rings (SSSR count). The SMILES string of the molecule is CCCc1c(OCCCCOc2ccc(C#N)cc2)ccc(C(=O)CC(C)C)c1O. The van der Waals surface area contributed by atoms with Gasteiger partial charge in [0.2, 0.25) is 0 Å². The number of aromatic hydroxyl groups is 1. The minimum Gasteiger partial charge on any atom is -0.507 e. The molecule has 0 unspecified atom stereocenters. The van der Waals surface area contributed by atoms with Gasteiger partial charge in [0.1, 0.15) is 17.2 Å². The Morgan fingerprint density at radius 1 is 1.07 bits per heavy atom. The van der Waals surface area contributed by atoms with E-state index in [-0.39, 0.29) is 17.5 Å². The second kappa shape index (κ2) is 11.9. The number of phenols is 1. The minimum atomic E-state index is -0.0358. The van der Waals surface area contributed by atoms with Crippen LogP contribution in [-0.2, 0) is 6.42 Å². The Morgan fingerprint density at radius 3 is 2.33 bits per heavy atom. The molecule has 2 aromatic carbocycles. The van der Waals surface area contributed by atoms with Gasteiger partial charge in [0.25, 0.3) is 0 Å². The highest BCUT2D eigenvalue weighted by Gasteiger charge is 2.18. The van der Waals surface area contributed by atoms with E-state index in [0.717, 1.165) is 25.0 Å². The summed E-state index contributed by atoms with van der Waals surface area (Å²) in [5, 5.41) is 19.5. The molecule has 0 spiro atoms. The lowest BCUT2D eigenvalue weighted by Gasteiger charge is -2.15. The van der Waals surface area contributed by atoms with Gasteiger partial charge in [-0.3, -0.25) is 4.79 Å². The van der Waals surface area contributed by atoms with Crippen LogP contribution in [0.5, 0.6) is 17.2 Å². The highest BCUT2D eigenvalue weighted by atomic mass is 16.5. The van der Waals surface area contributed by atoms with Gasteiger partial charge in [-0.1, -0.05) is 27.2 Å². The van der Waals surface area contributed by atoms with E-state index in [4.69, 9.17) is 14.7 Å². The fraction of sp³-hybridized carbons (Fsp3) is 0.440. The summed E-state index contributed by atoms with van der Waals surface area (Å²) in [7, 11) is 0. The van der Waals surface area contributed by atoms with Crippen LogP contribution in [0.4, 0.5) is 0 Å². The first-order valence-corrected chi connectivity index (χ1v) is 10.6. The summed E-state index contributed by atoms with van der Waals surface area (Å²) >= 11 is 0. The molecule has 2 aromatic rings. The molecule has 5 nitrogen and oxygen atoms in total. The Bertz CT molecular complexity index is 866. The molecule has 0 atom stereocenters. The molecule has 0 saturated heterocycles. The Balaban J connectivity index is 1.87. The van der Waals surface area contributed by atoms with Crippen LogP contribution in [-0.4, -0.2) is 24.1 Å². The molecule has 0 fully saturated rings. The van der Waals surface area contributed by atoms with Gasteiger partial charge in [-0.2, -0.15) is 5.26 Å². The van der Waals surface area contributed by atoms with Crippen LogP contribution in [0.25, 0.3) is 0 Å². The van der Waals surface area contributed by atoms with E-state index in [1.807, 2.05) is 20.8 Å². The molecule has 0 aliphatic carbocycles. The van der Waals surface area contributed by atoms with Crippen molar-refractivity contribution in [1.82, 2.24) is 0 Å². The number of hydrogen-bond donors (Lipinski definition) is 1. The van der Waals surface area contributed by atoms with Crippen molar-refractivity contribution in [2.45, 2.75) is 52.9 Å². The fourth-order valence-electron chi connectivity index (χ4n) is 3.15. The van der Waals surface area contributed by atoms with Gasteiger partial charge in [-0.15, -0.1) is 0 Å². The zero-order chi connectivity index (χ0) is 21.9.